The third-order valence-electron chi connectivity index (χ3n) is 2.48. The highest BCUT2D eigenvalue weighted by atomic mass is 79.9. The van der Waals surface area contributed by atoms with Crippen molar-refractivity contribution in [1.29, 1.82) is 0 Å². The molecule has 0 amide bonds. The molecule has 4 nitrogen and oxygen atoms in total. The van der Waals surface area contributed by atoms with Gasteiger partial charge in [0.05, 0.1) is 18.4 Å². The van der Waals surface area contributed by atoms with Gasteiger partial charge in [0.15, 0.2) is 11.6 Å². The largest absolute Gasteiger partial charge is 0.465 e. The monoisotopic (exact) mass is 342 g/mol. The van der Waals surface area contributed by atoms with Gasteiger partial charge in [0.2, 0.25) is 0 Å². The van der Waals surface area contributed by atoms with E-state index < -0.39 is 17.6 Å². The van der Waals surface area contributed by atoms with Gasteiger partial charge >= 0.3 is 5.97 Å². The van der Waals surface area contributed by atoms with E-state index in [1.807, 2.05) is 0 Å². The maximum absolute atomic E-state index is 13.8. The first-order chi connectivity index (χ1) is 9.52. The van der Waals surface area contributed by atoms with E-state index in [4.69, 9.17) is 0 Å². The van der Waals surface area contributed by atoms with Gasteiger partial charge in [-0.05, 0) is 40.2 Å². The van der Waals surface area contributed by atoms with Crippen molar-refractivity contribution in [3.8, 4) is 0 Å². The van der Waals surface area contributed by atoms with Crippen LogP contribution in [0.25, 0.3) is 0 Å². The molecular formula is C13H9BrF2N2O2. The number of methoxy groups -OCH3 is 1. The number of pyridine rings is 1. The molecule has 0 radical (unpaired) electrons. The summed E-state index contributed by atoms with van der Waals surface area (Å²) in [7, 11) is 1.16. The highest BCUT2D eigenvalue weighted by Gasteiger charge is 2.19. The minimum atomic E-state index is -1.17. The summed E-state index contributed by atoms with van der Waals surface area (Å²) in [5.41, 5.74) is -0.428. The van der Waals surface area contributed by atoms with Crippen molar-refractivity contribution in [2.45, 2.75) is 0 Å². The zero-order valence-electron chi connectivity index (χ0n) is 10.3. The highest BCUT2D eigenvalue weighted by Crippen LogP contribution is 2.26. The zero-order valence-corrected chi connectivity index (χ0v) is 11.9. The number of anilines is 2. The van der Waals surface area contributed by atoms with Crippen LogP contribution in [0.4, 0.5) is 20.3 Å². The SMILES string of the molecule is COC(=O)c1ccc(F)c(F)c1Nc1ccc(Br)cn1. The van der Waals surface area contributed by atoms with Gasteiger partial charge in [-0.3, -0.25) is 0 Å². The van der Waals surface area contributed by atoms with Gasteiger partial charge < -0.3 is 10.1 Å². The summed E-state index contributed by atoms with van der Waals surface area (Å²) in [6, 6.07) is 5.23. The van der Waals surface area contributed by atoms with E-state index in [-0.39, 0.29) is 17.1 Å². The Morgan fingerprint density at radius 1 is 1.30 bits per heavy atom. The molecule has 7 heteroatoms. The number of hydrogen-bond acceptors (Lipinski definition) is 4. The molecule has 0 saturated heterocycles. The van der Waals surface area contributed by atoms with Gasteiger partial charge in [0.1, 0.15) is 5.82 Å². The molecule has 0 aliphatic carbocycles. The number of carbonyl (C=O) groups is 1. The van der Waals surface area contributed by atoms with Crippen LogP contribution in [-0.2, 0) is 4.74 Å². The molecule has 2 aromatic rings. The minimum absolute atomic E-state index is 0.115. The van der Waals surface area contributed by atoms with E-state index in [0.29, 0.717) is 0 Å². The van der Waals surface area contributed by atoms with Crippen molar-refractivity contribution in [1.82, 2.24) is 4.98 Å². The van der Waals surface area contributed by atoms with E-state index in [9.17, 15) is 13.6 Å². The Balaban J connectivity index is 2.45. The van der Waals surface area contributed by atoms with Gasteiger partial charge in [-0.1, -0.05) is 0 Å². The van der Waals surface area contributed by atoms with Crippen LogP contribution < -0.4 is 5.32 Å². The fourth-order valence-electron chi connectivity index (χ4n) is 1.53. The second-order valence-corrected chi connectivity index (χ2v) is 4.68. The molecule has 1 aromatic carbocycles. The molecule has 20 heavy (non-hydrogen) atoms. The maximum atomic E-state index is 13.8. The Morgan fingerprint density at radius 3 is 2.65 bits per heavy atom. The van der Waals surface area contributed by atoms with Crippen LogP contribution in [0.1, 0.15) is 10.4 Å². The first-order valence-corrected chi connectivity index (χ1v) is 6.27. The number of nitrogens with one attached hydrogen (secondary N) is 1. The van der Waals surface area contributed by atoms with Crippen LogP contribution in [-0.4, -0.2) is 18.1 Å². The molecule has 1 heterocycles. The number of esters is 1. The molecule has 0 fully saturated rings. The van der Waals surface area contributed by atoms with Crippen LogP contribution in [0.15, 0.2) is 34.9 Å². The molecular weight excluding hydrogens is 334 g/mol. The summed E-state index contributed by atoms with van der Waals surface area (Å²) in [4.78, 5) is 15.5. The summed E-state index contributed by atoms with van der Waals surface area (Å²) in [6.07, 6.45) is 1.48. The number of nitrogens with zero attached hydrogens (tertiary/aromatic N) is 1. The van der Waals surface area contributed by atoms with Crippen LogP contribution in [0.3, 0.4) is 0 Å². The Hall–Kier alpha value is -2.02. The fourth-order valence-corrected chi connectivity index (χ4v) is 1.77. The summed E-state index contributed by atoms with van der Waals surface area (Å²) >= 11 is 3.21. The topological polar surface area (TPSA) is 51.2 Å². The van der Waals surface area contributed by atoms with Crippen molar-refractivity contribution in [3.05, 3.63) is 52.1 Å². The molecule has 0 unspecified atom stereocenters. The Morgan fingerprint density at radius 2 is 2.05 bits per heavy atom. The molecule has 2 rings (SSSR count). The number of halogens is 3. The zero-order chi connectivity index (χ0) is 14.7. The molecule has 0 atom stereocenters. The van der Waals surface area contributed by atoms with Crippen molar-refractivity contribution in [3.63, 3.8) is 0 Å². The summed E-state index contributed by atoms with van der Waals surface area (Å²) in [5.74, 6) is -2.75. The molecule has 0 aliphatic heterocycles. The molecule has 0 spiro atoms. The smallest absolute Gasteiger partial charge is 0.340 e. The molecule has 1 N–H and O–H groups in total. The second-order valence-electron chi connectivity index (χ2n) is 3.76. The maximum Gasteiger partial charge on any atom is 0.340 e. The summed E-state index contributed by atoms with van der Waals surface area (Å²) < 4.78 is 32.4. The van der Waals surface area contributed by atoms with Crippen LogP contribution in [0.2, 0.25) is 0 Å². The number of aromatic nitrogens is 1. The first kappa shape index (κ1) is 14.4. The number of rotatable bonds is 3. The predicted octanol–water partition coefficient (Wildman–Crippen LogP) is 3.65. The standard InChI is InChI=1S/C13H9BrF2N2O2/c1-20-13(19)8-3-4-9(15)11(16)12(8)18-10-5-2-7(14)6-17-10/h2-6H,1H3,(H,17,18). The lowest BCUT2D eigenvalue weighted by Gasteiger charge is -2.11. The molecule has 1 aromatic heterocycles. The van der Waals surface area contributed by atoms with E-state index in [1.165, 1.54) is 6.20 Å². The van der Waals surface area contributed by atoms with Gasteiger partial charge in [-0.2, -0.15) is 0 Å². The number of hydrogen-bond donors (Lipinski definition) is 1. The number of carbonyl (C=O) groups excluding carboxylic acids is 1. The Bertz CT molecular complexity index is 648. The highest BCUT2D eigenvalue weighted by molar-refractivity contribution is 9.10. The molecule has 0 bridgehead atoms. The molecule has 0 aliphatic rings. The fraction of sp³-hybridized carbons (Fsp3) is 0.0769. The summed E-state index contributed by atoms with van der Waals surface area (Å²) in [6.45, 7) is 0. The van der Waals surface area contributed by atoms with Crippen molar-refractivity contribution >= 4 is 33.4 Å². The van der Waals surface area contributed by atoms with Crippen LogP contribution in [0, 0.1) is 11.6 Å². The normalized spacial score (nSPS) is 10.2. The Kier molecular flexibility index (Phi) is 4.29. The lowest BCUT2D eigenvalue weighted by atomic mass is 10.1. The number of ether oxygens (including phenoxy) is 1. The lowest BCUT2D eigenvalue weighted by molar-refractivity contribution is 0.0601. The number of benzene rings is 1. The Labute approximate surface area is 121 Å². The van der Waals surface area contributed by atoms with Crippen molar-refractivity contribution in [2.75, 3.05) is 12.4 Å². The summed E-state index contributed by atoms with van der Waals surface area (Å²) in [5, 5.41) is 2.58. The third-order valence-corrected chi connectivity index (χ3v) is 2.95. The van der Waals surface area contributed by atoms with Gasteiger partial charge in [0, 0.05) is 10.7 Å². The van der Waals surface area contributed by atoms with Crippen LogP contribution in [0.5, 0.6) is 0 Å². The average molecular weight is 343 g/mol. The van der Waals surface area contributed by atoms with E-state index >= 15 is 0 Å². The van der Waals surface area contributed by atoms with Gasteiger partial charge in [0.25, 0.3) is 0 Å². The van der Waals surface area contributed by atoms with Gasteiger partial charge in [-0.15, -0.1) is 0 Å². The average Bonchev–Trinajstić information content (AvgIpc) is 2.45. The van der Waals surface area contributed by atoms with E-state index in [0.717, 1.165) is 23.7 Å². The van der Waals surface area contributed by atoms with E-state index in [1.54, 1.807) is 12.1 Å². The predicted molar refractivity (Wildman–Crippen MR) is 72.9 cm³/mol. The molecule has 104 valence electrons. The third kappa shape index (κ3) is 2.93. The lowest BCUT2D eigenvalue weighted by Crippen LogP contribution is -2.09. The van der Waals surface area contributed by atoms with Crippen molar-refractivity contribution < 1.29 is 18.3 Å². The van der Waals surface area contributed by atoms with Gasteiger partial charge in [-0.25, -0.2) is 18.6 Å². The second kappa shape index (κ2) is 5.96. The minimum Gasteiger partial charge on any atom is -0.465 e. The van der Waals surface area contributed by atoms with Crippen molar-refractivity contribution in [2.24, 2.45) is 0 Å². The van der Waals surface area contributed by atoms with E-state index in [2.05, 4.69) is 31.0 Å². The molecule has 0 saturated carbocycles. The first-order valence-electron chi connectivity index (χ1n) is 5.48. The quantitative estimate of drug-likeness (QED) is 0.865. The van der Waals surface area contributed by atoms with Crippen LogP contribution >= 0.6 is 15.9 Å².